The lowest BCUT2D eigenvalue weighted by atomic mass is 10.0. The number of aromatic nitrogens is 2. The summed E-state index contributed by atoms with van der Waals surface area (Å²) in [7, 11) is 1.61. The first-order chi connectivity index (χ1) is 15.9. The lowest BCUT2D eigenvalue weighted by Gasteiger charge is -2.27. The summed E-state index contributed by atoms with van der Waals surface area (Å²) in [5.41, 5.74) is 5.14. The van der Waals surface area contributed by atoms with E-state index >= 15 is 0 Å². The largest absolute Gasteiger partial charge is 0.508 e. The molecular weight excluding hydrogens is 414 g/mol. The monoisotopic (exact) mass is 445 g/mol. The highest BCUT2D eigenvalue weighted by Gasteiger charge is 2.19. The predicted molar refractivity (Wildman–Crippen MR) is 132 cm³/mol. The average Bonchev–Trinajstić information content (AvgIpc) is 2.83. The summed E-state index contributed by atoms with van der Waals surface area (Å²) >= 11 is 0. The molecule has 172 valence electrons. The first-order valence-corrected chi connectivity index (χ1v) is 11.4. The van der Waals surface area contributed by atoms with Gasteiger partial charge in [-0.1, -0.05) is 11.6 Å². The second-order valence-electron chi connectivity index (χ2n) is 8.70. The van der Waals surface area contributed by atoms with Crippen LogP contribution in [0, 0.1) is 0 Å². The highest BCUT2D eigenvalue weighted by Crippen LogP contribution is 2.37. The molecule has 1 aliphatic heterocycles. The first-order valence-electron chi connectivity index (χ1n) is 11.4. The highest BCUT2D eigenvalue weighted by molar-refractivity contribution is 5.75. The van der Waals surface area contributed by atoms with Gasteiger partial charge in [0.05, 0.1) is 18.5 Å². The Morgan fingerprint density at radius 2 is 1.67 bits per heavy atom. The van der Waals surface area contributed by atoms with E-state index in [0.29, 0.717) is 29.4 Å². The topological polar surface area (TPSA) is 78.7 Å². The fourth-order valence-corrected chi connectivity index (χ4v) is 4.07. The quantitative estimate of drug-likeness (QED) is 0.472. The van der Waals surface area contributed by atoms with E-state index in [1.807, 2.05) is 24.3 Å². The molecule has 0 bridgehead atoms. The second-order valence-corrected chi connectivity index (χ2v) is 8.70. The smallest absolute Gasteiger partial charge is 0.226 e. The van der Waals surface area contributed by atoms with Crippen LogP contribution >= 0.6 is 0 Å². The van der Waals surface area contributed by atoms with Gasteiger partial charge in [-0.25, -0.2) is 9.97 Å². The van der Waals surface area contributed by atoms with Crippen LogP contribution in [-0.4, -0.2) is 40.4 Å². The average molecular weight is 446 g/mol. The van der Waals surface area contributed by atoms with Crippen molar-refractivity contribution in [1.29, 1.82) is 0 Å². The zero-order valence-corrected chi connectivity index (χ0v) is 19.5. The predicted octanol–water partition coefficient (Wildman–Crippen LogP) is 5.73. The summed E-state index contributed by atoms with van der Waals surface area (Å²) in [6, 6.07) is 12.5. The molecule has 1 aliphatic rings. The Bertz CT molecular complexity index is 1150. The number of hydrogen-bond donors (Lipinski definition) is 2. The third kappa shape index (κ3) is 5.28. The van der Waals surface area contributed by atoms with E-state index in [1.54, 1.807) is 25.3 Å². The Morgan fingerprint density at radius 3 is 2.33 bits per heavy atom. The molecule has 0 amide bonds. The van der Waals surface area contributed by atoms with Crippen molar-refractivity contribution in [3.63, 3.8) is 0 Å². The lowest BCUT2D eigenvalue weighted by Crippen LogP contribution is -2.31. The standard InChI is InChI=1S/C27H31N3O3/c1-18(2)7-8-20-15-22(25(32)17-26(20)33-3)24-16-23(19-9-11-21(31)12-10-19)28-27(29-24)30-13-5-4-6-14-30/h7,9-12,15-17,31-32H,4-6,8,13-14H2,1-3H3. The van der Waals surface area contributed by atoms with Crippen molar-refractivity contribution in [1.82, 2.24) is 9.97 Å². The maximum absolute atomic E-state index is 10.9. The summed E-state index contributed by atoms with van der Waals surface area (Å²) in [5, 5.41) is 20.6. The molecule has 6 nitrogen and oxygen atoms in total. The molecule has 4 rings (SSSR count). The van der Waals surface area contributed by atoms with Crippen LogP contribution in [0.1, 0.15) is 38.7 Å². The number of methoxy groups -OCH3 is 1. The van der Waals surface area contributed by atoms with Crippen LogP contribution in [0.25, 0.3) is 22.5 Å². The summed E-state index contributed by atoms with van der Waals surface area (Å²) in [6.07, 6.45) is 6.28. The Hall–Kier alpha value is -3.54. The van der Waals surface area contributed by atoms with E-state index in [0.717, 1.165) is 42.8 Å². The van der Waals surface area contributed by atoms with Crippen LogP contribution in [0.3, 0.4) is 0 Å². The van der Waals surface area contributed by atoms with Gasteiger partial charge in [0.25, 0.3) is 0 Å². The molecule has 2 N–H and O–H groups in total. The van der Waals surface area contributed by atoms with Crippen molar-refractivity contribution in [2.45, 2.75) is 39.5 Å². The molecule has 0 atom stereocenters. The van der Waals surface area contributed by atoms with Gasteiger partial charge in [-0.15, -0.1) is 0 Å². The molecule has 0 saturated carbocycles. The number of hydrogen-bond acceptors (Lipinski definition) is 6. The molecule has 2 heterocycles. The molecule has 2 aromatic carbocycles. The molecule has 1 aromatic heterocycles. The first kappa shape index (κ1) is 22.6. The summed E-state index contributed by atoms with van der Waals surface area (Å²) in [5.74, 6) is 1.64. The summed E-state index contributed by atoms with van der Waals surface area (Å²) < 4.78 is 5.52. The maximum Gasteiger partial charge on any atom is 0.226 e. The fraction of sp³-hybridized carbons (Fsp3) is 0.333. The number of benzene rings is 2. The van der Waals surface area contributed by atoms with Crippen LogP contribution < -0.4 is 9.64 Å². The molecule has 0 spiro atoms. The molecular formula is C27H31N3O3. The maximum atomic E-state index is 10.9. The van der Waals surface area contributed by atoms with Gasteiger partial charge in [-0.05, 0) is 81.5 Å². The Labute approximate surface area is 195 Å². The van der Waals surface area contributed by atoms with Gasteiger partial charge in [-0.3, -0.25) is 0 Å². The van der Waals surface area contributed by atoms with Crippen molar-refractivity contribution >= 4 is 5.95 Å². The minimum Gasteiger partial charge on any atom is -0.508 e. The molecule has 3 aromatic rings. The minimum absolute atomic E-state index is 0.118. The number of phenols is 2. The highest BCUT2D eigenvalue weighted by atomic mass is 16.5. The van der Waals surface area contributed by atoms with Crippen molar-refractivity contribution < 1.29 is 14.9 Å². The van der Waals surface area contributed by atoms with E-state index in [4.69, 9.17) is 14.7 Å². The number of ether oxygens (including phenoxy) is 1. The lowest BCUT2D eigenvalue weighted by molar-refractivity contribution is 0.404. The number of anilines is 1. The van der Waals surface area contributed by atoms with Gasteiger partial charge in [-0.2, -0.15) is 0 Å². The third-order valence-electron chi connectivity index (χ3n) is 5.92. The van der Waals surface area contributed by atoms with Gasteiger partial charge < -0.3 is 19.8 Å². The van der Waals surface area contributed by atoms with E-state index in [-0.39, 0.29) is 11.5 Å². The zero-order valence-electron chi connectivity index (χ0n) is 19.5. The van der Waals surface area contributed by atoms with Gasteiger partial charge >= 0.3 is 0 Å². The van der Waals surface area contributed by atoms with Gasteiger partial charge in [0.15, 0.2) is 0 Å². The molecule has 0 unspecified atom stereocenters. The molecule has 1 saturated heterocycles. The Balaban J connectivity index is 1.85. The van der Waals surface area contributed by atoms with Gasteiger partial charge in [0.1, 0.15) is 17.2 Å². The van der Waals surface area contributed by atoms with Crippen LogP contribution in [-0.2, 0) is 6.42 Å². The van der Waals surface area contributed by atoms with Crippen molar-refractivity contribution in [3.8, 4) is 39.8 Å². The number of nitrogens with zero attached hydrogens (tertiary/aromatic N) is 3. The SMILES string of the molecule is COc1cc(O)c(-c2cc(-c3ccc(O)cc3)nc(N3CCCCC3)n2)cc1CC=C(C)C. The molecule has 0 aliphatic carbocycles. The number of allylic oxidation sites excluding steroid dienone is 2. The van der Waals surface area contributed by atoms with Crippen molar-refractivity contribution in [3.05, 3.63) is 59.7 Å². The fourth-order valence-electron chi connectivity index (χ4n) is 4.07. The van der Waals surface area contributed by atoms with Crippen molar-refractivity contribution in [2.75, 3.05) is 25.1 Å². The van der Waals surface area contributed by atoms with E-state index in [1.165, 1.54) is 12.0 Å². The molecule has 0 radical (unpaired) electrons. The number of aromatic hydroxyl groups is 2. The van der Waals surface area contributed by atoms with Gasteiger partial charge in [0.2, 0.25) is 5.95 Å². The Morgan fingerprint density at radius 1 is 0.970 bits per heavy atom. The van der Waals surface area contributed by atoms with E-state index in [2.05, 4.69) is 24.8 Å². The Kier molecular flexibility index (Phi) is 6.82. The van der Waals surface area contributed by atoms with E-state index < -0.39 is 0 Å². The normalized spacial score (nSPS) is 13.6. The molecule has 1 fully saturated rings. The molecule has 33 heavy (non-hydrogen) atoms. The summed E-state index contributed by atoms with van der Waals surface area (Å²) in [6.45, 7) is 5.96. The summed E-state index contributed by atoms with van der Waals surface area (Å²) in [4.78, 5) is 11.9. The van der Waals surface area contributed by atoms with Crippen LogP contribution in [0.2, 0.25) is 0 Å². The second kappa shape index (κ2) is 9.94. The van der Waals surface area contributed by atoms with Crippen LogP contribution in [0.15, 0.2) is 54.1 Å². The van der Waals surface area contributed by atoms with Crippen LogP contribution in [0.4, 0.5) is 5.95 Å². The third-order valence-corrected chi connectivity index (χ3v) is 5.92. The van der Waals surface area contributed by atoms with Gasteiger partial charge in [0, 0.05) is 30.3 Å². The number of phenolic OH excluding ortho intramolecular Hbond substituents is 2. The van der Waals surface area contributed by atoms with E-state index in [9.17, 15) is 10.2 Å². The van der Waals surface area contributed by atoms with Crippen molar-refractivity contribution in [2.24, 2.45) is 0 Å². The number of rotatable bonds is 6. The van der Waals surface area contributed by atoms with Crippen LogP contribution in [0.5, 0.6) is 17.2 Å². The minimum atomic E-state index is 0.118. The number of piperidine rings is 1. The molecule has 6 heteroatoms. The zero-order chi connectivity index (χ0) is 23.4.